The second-order valence-corrected chi connectivity index (χ2v) is 5.07. The number of rotatable bonds is 6. The summed E-state index contributed by atoms with van der Waals surface area (Å²) in [6.45, 7) is 3.38. The minimum absolute atomic E-state index is 0.0375. The Bertz CT molecular complexity index is 545. The van der Waals surface area contributed by atoms with E-state index in [9.17, 15) is 20.0 Å². The van der Waals surface area contributed by atoms with Gasteiger partial charge in [0, 0.05) is 6.07 Å². The molecule has 0 amide bonds. The lowest BCUT2D eigenvalue weighted by Crippen LogP contribution is -2.45. The molecule has 0 saturated carbocycles. The highest BCUT2D eigenvalue weighted by Gasteiger charge is 2.36. The summed E-state index contributed by atoms with van der Waals surface area (Å²) in [5.74, 6) is -1.08. The van der Waals surface area contributed by atoms with Gasteiger partial charge in [0.15, 0.2) is 0 Å². The van der Waals surface area contributed by atoms with Crippen molar-refractivity contribution in [1.29, 1.82) is 0 Å². The first-order valence-electron chi connectivity index (χ1n) is 5.92. The number of carboxylic acid groups (broad SMARTS) is 1. The Labute approximate surface area is 125 Å². The number of halogens is 2. The van der Waals surface area contributed by atoms with Crippen molar-refractivity contribution >= 4 is 40.5 Å². The number of nitro benzene ring substituents is 1. The van der Waals surface area contributed by atoms with Crippen LogP contribution in [0.2, 0.25) is 10.0 Å². The molecule has 1 rings (SSSR count). The van der Waals surface area contributed by atoms with Crippen LogP contribution < -0.4 is 5.32 Å². The van der Waals surface area contributed by atoms with Gasteiger partial charge in [-0.05, 0) is 18.9 Å². The molecule has 0 heterocycles. The summed E-state index contributed by atoms with van der Waals surface area (Å²) in [6, 6.07) is 2.37. The first-order chi connectivity index (χ1) is 9.27. The molecule has 0 atom stereocenters. The number of nitro groups is 1. The van der Waals surface area contributed by atoms with Crippen LogP contribution in [-0.4, -0.2) is 21.5 Å². The van der Waals surface area contributed by atoms with E-state index >= 15 is 0 Å². The molecule has 0 aliphatic carbocycles. The molecule has 8 heteroatoms. The molecule has 0 bridgehead atoms. The molecule has 110 valence electrons. The van der Waals surface area contributed by atoms with Crippen LogP contribution in [-0.2, 0) is 4.79 Å². The van der Waals surface area contributed by atoms with E-state index in [1.54, 1.807) is 13.8 Å². The highest BCUT2D eigenvalue weighted by molar-refractivity contribution is 6.42. The number of hydrogen-bond donors (Lipinski definition) is 2. The van der Waals surface area contributed by atoms with Gasteiger partial charge in [-0.1, -0.05) is 37.0 Å². The summed E-state index contributed by atoms with van der Waals surface area (Å²) in [4.78, 5) is 21.8. The van der Waals surface area contributed by atoms with Gasteiger partial charge in [0.1, 0.15) is 11.2 Å². The predicted octanol–water partition coefficient (Wildman–Crippen LogP) is 3.96. The Hall–Kier alpha value is -1.53. The van der Waals surface area contributed by atoms with E-state index in [0.29, 0.717) is 0 Å². The molecule has 0 spiro atoms. The molecule has 0 aromatic heterocycles. The van der Waals surface area contributed by atoms with Gasteiger partial charge in [0.2, 0.25) is 0 Å². The molecule has 1 aromatic rings. The SMILES string of the molecule is CCC(CC)(Nc1cc(Cl)c(Cl)cc1[N+](=O)[O-])C(=O)O. The number of nitrogens with one attached hydrogen (secondary N) is 1. The maximum Gasteiger partial charge on any atom is 0.329 e. The zero-order valence-corrected chi connectivity index (χ0v) is 12.5. The average molecular weight is 321 g/mol. The van der Waals surface area contributed by atoms with Crippen molar-refractivity contribution in [2.45, 2.75) is 32.2 Å². The van der Waals surface area contributed by atoms with Crippen LogP contribution in [0, 0.1) is 10.1 Å². The van der Waals surface area contributed by atoms with E-state index in [2.05, 4.69) is 5.32 Å². The van der Waals surface area contributed by atoms with Crippen LogP contribution in [0.3, 0.4) is 0 Å². The van der Waals surface area contributed by atoms with Gasteiger partial charge in [-0.2, -0.15) is 0 Å². The van der Waals surface area contributed by atoms with E-state index < -0.39 is 16.4 Å². The smallest absolute Gasteiger partial charge is 0.329 e. The third kappa shape index (κ3) is 3.13. The molecule has 0 aliphatic heterocycles. The highest BCUT2D eigenvalue weighted by Crippen LogP contribution is 2.36. The number of benzene rings is 1. The van der Waals surface area contributed by atoms with Crippen molar-refractivity contribution in [2.24, 2.45) is 0 Å². The number of aliphatic carboxylic acids is 1. The molecule has 1 aromatic carbocycles. The molecular weight excluding hydrogens is 307 g/mol. The van der Waals surface area contributed by atoms with Gasteiger partial charge in [0.25, 0.3) is 5.69 Å². The molecule has 0 unspecified atom stereocenters. The molecule has 20 heavy (non-hydrogen) atoms. The van der Waals surface area contributed by atoms with Crippen molar-refractivity contribution < 1.29 is 14.8 Å². The van der Waals surface area contributed by atoms with E-state index in [0.717, 1.165) is 6.07 Å². The summed E-state index contributed by atoms with van der Waals surface area (Å²) >= 11 is 11.6. The van der Waals surface area contributed by atoms with Crippen LogP contribution in [0.25, 0.3) is 0 Å². The molecular formula is C12H14Cl2N2O4. The number of nitrogens with zero attached hydrogens (tertiary/aromatic N) is 1. The molecule has 0 aliphatic rings. The van der Waals surface area contributed by atoms with E-state index in [1.165, 1.54) is 6.07 Å². The van der Waals surface area contributed by atoms with Gasteiger partial charge >= 0.3 is 5.97 Å². The summed E-state index contributed by atoms with van der Waals surface area (Å²) in [5, 5.41) is 23.3. The topological polar surface area (TPSA) is 92.5 Å². The second kappa shape index (κ2) is 6.28. The monoisotopic (exact) mass is 320 g/mol. The first kappa shape index (κ1) is 16.5. The van der Waals surface area contributed by atoms with E-state index in [4.69, 9.17) is 23.2 Å². The Kier molecular flexibility index (Phi) is 5.19. The number of carboxylic acids is 1. The first-order valence-corrected chi connectivity index (χ1v) is 6.68. The summed E-state index contributed by atoms with van der Waals surface area (Å²) in [7, 11) is 0. The molecule has 0 radical (unpaired) electrons. The second-order valence-electron chi connectivity index (χ2n) is 4.26. The lowest BCUT2D eigenvalue weighted by Gasteiger charge is -2.29. The zero-order chi connectivity index (χ0) is 15.5. The molecule has 2 N–H and O–H groups in total. The lowest BCUT2D eigenvalue weighted by molar-refractivity contribution is -0.384. The van der Waals surface area contributed by atoms with Crippen molar-refractivity contribution in [3.63, 3.8) is 0 Å². The van der Waals surface area contributed by atoms with Crippen molar-refractivity contribution in [1.82, 2.24) is 0 Å². The summed E-state index contributed by atoms with van der Waals surface area (Å²) in [6.07, 6.45) is 0.520. The summed E-state index contributed by atoms with van der Waals surface area (Å²) in [5.41, 5.74) is -1.57. The Balaban J connectivity index is 3.35. The van der Waals surface area contributed by atoms with Crippen molar-refractivity contribution in [2.75, 3.05) is 5.32 Å². The van der Waals surface area contributed by atoms with Gasteiger partial charge in [-0.25, -0.2) is 4.79 Å². The third-order valence-electron chi connectivity index (χ3n) is 3.23. The van der Waals surface area contributed by atoms with Gasteiger partial charge in [-0.15, -0.1) is 0 Å². The fourth-order valence-corrected chi connectivity index (χ4v) is 2.15. The minimum Gasteiger partial charge on any atom is -0.480 e. The highest BCUT2D eigenvalue weighted by atomic mass is 35.5. The molecule has 0 saturated heterocycles. The Morgan fingerprint density at radius 3 is 2.25 bits per heavy atom. The van der Waals surface area contributed by atoms with Gasteiger partial charge in [0.05, 0.1) is 15.0 Å². The zero-order valence-electron chi connectivity index (χ0n) is 10.9. The fourth-order valence-electron chi connectivity index (χ4n) is 1.83. The standard InChI is InChI=1S/C12H14Cl2N2O4/c1-3-12(4-2,11(17)18)15-9-5-7(13)8(14)6-10(9)16(19)20/h5-6,15H,3-4H2,1-2H3,(H,17,18). The third-order valence-corrected chi connectivity index (χ3v) is 3.95. The molecule has 6 nitrogen and oxygen atoms in total. The fraction of sp³-hybridized carbons (Fsp3) is 0.417. The largest absolute Gasteiger partial charge is 0.480 e. The summed E-state index contributed by atoms with van der Waals surface area (Å²) < 4.78 is 0. The number of hydrogen-bond acceptors (Lipinski definition) is 4. The maximum atomic E-state index is 11.4. The predicted molar refractivity (Wildman–Crippen MR) is 77.7 cm³/mol. The maximum absolute atomic E-state index is 11.4. The van der Waals surface area contributed by atoms with E-state index in [-0.39, 0.29) is 34.3 Å². The van der Waals surface area contributed by atoms with Crippen LogP contribution in [0.5, 0.6) is 0 Å². The molecule has 0 fully saturated rings. The van der Waals surface area contributed by atoms with E-state index in [1.807, 2.05) is 0 Å². The van der Waals surface area contributed by atoms with Crippen LogP contribution in [0.1, 0.15) is 26.7 Å². The van der Waals surface area contributed by atoms with Crippen molar-refractivity contribution in [3.8, 4) is 0 Å². The van der Waals surface area contributed by atoms with Gasteiger partial charge < -0.3 is 10.4 Å². The van der Waals surface area contributed by atoms with Crippen LogP contribution in [0.15, 0.2) is 12.1 Å². The lowest BCUT2D eigenvalue weighted by atomic mass is 9.92. The minimum atomic E-state index is -1.29. The van der Waals surface area contributed by atoms with Crippen molar-refractivity contribution in [3.05, 3.63) is 32.3 Å². The van der Waals surface area contributed by atoms with Crippen LogP contribution >= 0.6 is 23.2 Å². The quantitative estimate of drug-likeness (QED) is 0.611. The number of anilines is 1. The van der Waals surface area contributed by atoms with Gasteiger partial charge in [-0.3, -0.25) is 10.1 Å². The van der Waals surface area contributed by atoms with Crippen LogP contribution in [0.4, 0.5) is 11.4 Å². The Morgan fingerprint density at radius 1 is 1.35 bits per heavy atom. The Morgan fingerprint density at radius 2 is 1.85 bits per heavy atom. The average Bonchev–Trinajstić information content (AvgIpc) is 2.39. The normalized spacial score (nSPS) is 11.2. The number of carbonyl (C=O) groups is 1.